The highest BCUT2D eigenvalue weighted by atomic mass is 32.2. The first-order valence-electron chi connectivity index (χ1n) is 14.0. The molecule has 42 heavy (non-hydrogen) atoms. The molecule has 3 aromatic rings. The molecule has 2 atom stereocenters. The predicted molar refractivity (Wildman–Crippen MR) is 163 cm³/mol. The van der Waals surface area contributed by atoms with Crippen LogP contribution in [-0.2, 0) is 32.6 Å². The van der Waals surface area contributed by atoms with Gasteiger partial charge in [-0.15, -0.1) is 0 Å². The lowest BCUT2D eigenvalue weighted by atomic mass is 10.0. The van der Waals surface area contributed by atoms with E-state index in [0.717, 1.165) is 28.1 Å². The van der Waals surface area contributed by atoms with Crippen molar-refractivity contribution in [1.29, 1.82) is 0 Å². The van der Waals surface area contributed by atoms with Crippen LogP contribution >= 0.6 is 0 Å². The van der Waals surface area contributed by atoms with E-state index in [1.807, 2.05) is 62.4 Å². The van der Waals surface area contributed by atoms with Gasteiger partial charge in [0.15, 0.2) is 0 Å². The van der Waals surface area contributed by atoms with Gasteiger partial charge in [-0.3, -0.25) is 13.9 Å². The molecule has 1 N–H and O–H groups in total. The SMILES string of the molecule is CC[C@@H](C)NC(=O)[C@H](Cc1ccccc1)N(Cc1cccc(OC)c1)C(=O)CCCN(c1ccccc1F)S(C)(=O)=O. The van der Waals surface area contributed by atoms with Crippen LogP contribution in [0.25, 0.3) is 0 Å². The Labute approximate surface area is 248 Å². The molecular weight excluding hydrogens is 557 g/mol. The summed E-state index contributed by atoms with van der Waals surface area (Å²) in [6.07, 6.45) is 2.10. The summed E-state index contributed by atoms with van der Waals surface area (Å²) in [7, 11) is -2.25. The number of ether oxygens (including phenoxy) is 1. The molecule has 2 amide bonds. The van der Waals surface area contributed by atoms with Crippen molar-refractivity contribution >= 4 is 27.5 Å². The Morgan fingerprint density at radius 1 is 0.976 bits per heavy atom. The van der Waals surface area contributed by atoms with Crippen molar-refractivity contribution in [3.8, 4) is 5.75 Å². The minimum absolute atomic E-state index is 0.0493. The van der Waals surface area contributed by atoms with Crippen molar-refractivity contribution < 1.29 is 27.1 Å². The van der Waals surface area contributed by atoms with Gasteiger partial charge in [0.1, 0.15) is 17.6 Å². The molecule has 0 saturated carbocycles. The van der Waals surface area contributed by atoms with Gasteiger partial charge < -0.3 is 15.0 Å². The first kappa shape index (κ1) is 32.6. The van der Waals surface area contributed by atoms with Crippen molar-refractivity contribution in [2.45, 2.75) is 58.2 Å². The number of amides is 2. The third-order valence-corrected chi connectivity index (χ3v) is 8.21. The van der Waals surface area contributed by atoms with Gasteiger partial charge in [-0.25, -0.2) is 12.8 Å². The number of rotatable bonds is 15. The molecule has 0 spiro atoms. The van der Waals surface area contributed by atoms with Crippen LogP contribution in [0.4, 0.5) is 10.1 Å². The van der Waals surface area contributed by atoms with Gasteiger partial charge in [-0.1, -0.05) is 61.5 Å². The minimum Gasteiger partial charge on any atom is -0.497 e. The zero-order chi connectivity index (χ0) is 30.7. The van der Waals surface area contributed by atoms with E-state index in [1.54, 1.807) is 24.1 Å². The normalized spacial score (nSPS) is 12.7. The van der Waals surface area contributed by atoms with Gasteiger partial charge in [0.25, 0.3) is 0 Å². The Hall–Kier alpha value is -3.92. The Morgan fingerprint density at radius 2 is 1.64 bits per heavy atom. The summed E-state index contributed by atoms with van der Waals surface area (Å²) in [5, 5.41) is 3.03. The Bertz CT molecular complexity index is 1430. The van der Waals surface area contributed by atoms with Crippen molar-refractivity contribution in [2.24, 2.45) is 0 Å². The van der Waals surface area contributed by atoms with Gasteiger partial charge in [-0.05, 0) is 55.2 Å². The molecule has 3 rings (SSSR count). The topological polar surface area (TPSA) is 96.0 Å². The number of benzene rings is 3. The molecule has 0 aliphatic rings. The number of methoxy groups -OCH3 is 1. The maximum atomic E-state index is 14.5. The van der Waals surface area contributed by atoms with Crippen molar-refractivity contribution in [2.75, 3.05) is 24.2 Å². The molecule has 0 heterocycles. The van der Waals surface area contributed by atoms with E-state index < -0.39 is 21.9 Å². The molecule has 0 bridgehead atoms. The van der Waals surface area contributed by atoms with Crippen LogP contribution in [0.5, 0.6) is 5.75 Å². The minimum atomic E-state index is -3.81. The van der Waals surface area contributed by atoms with E-state index in [9.17, 15) is 22.4 Å². The highest BCUT2D eigenvalue weighted by Gasteiger charge is 2.31. The highest BCUT2D eigenvalue weighted by molar-refractivity contribution is 7.92. The third-order valence-electron chi connectivity index (χ3n) is 7.03. The van der Waals surface area contributed by atoms with Gasteiger partial charge in [-0.2, -0.15) is 0 Å². The number of carbonyl (C=O) groups excluding carboxylic acids is 2. The average Bonchev–Trinajstić information content (AvgIpc) is 2.97. The molecule has 226 valence electrons. The summed E-state index contributed by atoms with van der Waals surface area (Å²) in [6.45, 7) is 3.93. The van der Waals surface area contributed by atoms with Crippen molar-refractivity contribution in [3.05, 3.63) is 95.8 Å². The zero-order valence-electron chi connectivity index (χ0n) is 24.6. The average molecular weight is 598 g/mol. The molecule has 10 heteroatoms. The van der Waals surface area contributed by atoms with Gasteiger partial charge >= 0.3 is 0 Å². The van der Waals surface area contributed by atoms with Crippen LogP contribution in [0, 0.1) is 5.82 Å². The Balaban J connectivity index is 1.92. The summed E-state index contributed by atoms with van der Waals surface area (Å²) in [5.74, 6) is -0.635. The number of carbonyl (C=O) groups is 2. The lowest BCUT2D eigenvalue weighted by Crippen LogP contribution is -2.52. The van der Waals surface area contributed by atoms with Gasteiger partial charge in [0.2, 0.25) is 21.8 Å². The first-order valence-corrected chi connectivity index (χ1v) is 15.9. The van der Waals surface area contributed by atoms with Crippen LogP contribution in [-0.4, -0.2) is 57.1 Å². The second kappa shape index (κ2) is 15.3. The lowest BCUT2D eigenvalue weighted by molar-refractivity contribution is -0.141. The number of halogens is 1. The lowest BCUT2D eigenvalue weighted by Gasteiger charge is -2.33. The molecule has 0 radical (unpaired) electrons. The maximum absolute atomic E-state index is 14.5. The Morgan fingerprint density at radius 3 is 2.29 bits per heavy atom. The number of hydrogen-bond acceptors (Lipinski definition) is 5. The fraction of sp³-hybridized carbons (Fsp3) is 0.375. The fourth-order valence-corrected chi connectivity index (χ4v) is 5.57. The summed E-state index contributed by atoms with van der Waals surface area (Å²) in [4.78, 5) is 29.1. The van der Waals surface area contributed by atoms with E-state index in [1.165, 1.54) is 18.2 Å². The van der Waals surface area contributed by atoms with Gasteiger partial charge in [0, 0.05) is 32.0 Å². The molecule has 0 aliphatic heterocycles. The highest BCUT2D eigenvalue weighted by Crippen LogP contribution is 2.23. The van der Waals surface area contributed by atoms with Crippen LogP contribution in [0.3, 0.4) is 0 Å². The summed E-state index contributed by atoms with van der Waals surface area (Å²) < 4.78 is 45.9. The fourth-order valence-electron chi connectivity index (χ4n) is 4.60. The molecule has 0 aromatic heterocycles. The molecule has 0 saturated heterocycles. The second-order valence-corrected chi connectivity index (χ2v) is 12.2. The van der Waals surface area contributed by atoms with Crippen LogP contribution < -0.4 is 14.4 Å². The quantitative estimate of drug-likeness (QED) is 0.268. The smallest absolute Gasteiger partial charge is 0.243 e. The predicted octanol–water partition coefficient (Wildman–Crippen LogP) is 4.94. The van der Waals surface area contributed by atoms with Crippen LogP contribution in [0.1, 0.15) is 44.2 Å². The molecule has 0 unspecified atom stereocenters. The van der Waals surface area contributed by atoms with E-state index in [4.69, 9.17) is 4.74 Å². The van der Waals surface area contributed by atoms with Crippen molar-refractivity contribution in [3.63, 3.8) is 0 Å². The number of para-hydroxylation sites is 1. The standard InChI is InChI=1S/C32H40FN3O5S/c1-5-24(2)34-32(38)30(22-25-13-7-6-8-14-25)35(23-26-15-11-16-27(21-26)41-3)31(37)19-12-20-36(42(4,39)40)29-18-10-9-17-28(29)33/h6-11,13-18,21,24,30H,5,12,19-20,22-23H2,1-4H3,(H,34,38)/t24-,30+/m1/s1. The van der Waals surface area contributed by atoms with Crippen LogP contribution in [0.15, 0.2) is 78.9 Å². The Kier molecular flexibility index (Phi) is 11.9. The van der Waals surface area contributed by atoms with E-state index in [0.29, 0.717) is 12.2 Å². The number of anilines is 1. The second-order valence-electron chi connectivity index (χ2n) is 10.3. The summed E-state index contributed by atoms with van der Waals surface area (Å²) in [6, 6.07) is 21.5. The molecule has 3 aromatic carbocycles. The first-order chi connectivity index (χ1) is 20.0. The third kappa shape index (κ3) is 9.30. The molecule has 0 aliphatic carbocycles. The number of hydrogen-bond donors (Lipinski definition) is 1. The zero-order valence-corrected chi connectivity index (χ0v) is 25.4. The molecule has 8 nitrogen and oxygen atoms in total. The number of sulfonamides is 1. The summed E-state index contributed by atoms with van der Waals surface area (Å²) >= 11 is 0. The van der Waals surface area contributed by atoms with E-state index in [2.05, 4.69) is 5.32 Å². The number of nitrogens with zero attached hydrogens (tertiary/aromatic N) is 2. The summed E-state index contributed by atoms with van der Waals surface area (Å²) in [5.41, 5.74) is 1.60. The van der Waals surface area contributed by atoms with E-state index >= 15 is 0 Å². The molecule has 0 fully saturated rings. The largest absolute Gasteiger partial charge is 0.497 e. The molecular formula is C32H40FN3O5S. The van der Waals surface area contributed by atoms with E-state index in [-0.39, 0.29) is 49.5 Å². The monoisotopic (exact) mass is 597 g/mol. The van der Waals surface area contributed by atoms with Crippen molar-refractivity contribution in [1.82, 2.24) is 10.2 Å². The van der Waals surface area contributed by atoms with Gasteiger partial charge in [0.05, 0.1) is 19.1 Å². The maximum Gasteiger partial charge on any atom is 0.243 e. The van der Waals surface area contributed by atoms with Crippen LogP contribution in [0.2, 0.25) is 0 Å². The number of nitrogens with one attached hydrogen (secondary N) is 1.